The van der Waals surface area contributed by atoms with Gasteiger partial charge in [0.2, 0.25) is 10.0 Å². The molecule has 0 unspecified atom stereocenters. The second-order valence-electron chi connectivity index (χ2n) is 7.28. The van der Waals surface area contributed by atoms with Crippen LogP contribution < -0.4 is 0 Å². The first-order chi connectivity index (χ1) is 12.4. The monoisotopic (exact) mass is 402 g/mol. The lowest BCUT2D eigenvalue weighted by Gasteiger charge is -2.38. The van der Waals surface area contributed by atoms with Crippen molar-refractivity contribution in [3.8, 4) is 0 Å². The SMILES string of the molecule is CC(C)(C)OC(=O)N1CCN(S(=O)(=O)Cc2cccc(F)c2)[C@H](C(=O)O)C1. The summed E-state index contributed by atoms with van der Waals surface area (Å²) in [5.74, 6) is -2.47. The molecule has 2 rings (SSSR count). The number of carbonyl (C=O) groups excluding carboxylic acids is 1. The van der Waals surface area contributed by atoms with Crippen LogP contribution >= 0.6 is 0 Å². The average Bonchev–Trinajstić information content (AvgIpc) is 2.52. The van der Waals surface area contributed by atoms with Crippen molar-refractivity contribution in [2.75, 3.05) is 19.6 Å². The average molecular weight is 402 g/mol. The lowest BCUT2D eigenvalue weighted by atomic mass is 10.2. The van der Waals surface area contributed by atoms with Crippen molar-refractivity contribution in [2.45, 2.75) is 38.2 Å². The molecule has 150 valence electrons. The molecule has 1 heterocycles. The molecule has 0 spiro atoms. The van der Waals surface area contributed by atoms with Crippen LogP contribution in [0, 0.1) is 5.82 Å². The summed E-state index contributed by atoms with van der Waals surface area (Å²) in [6.07, 6.45) is -0.698. The molecule has 1 aromatic rings. The van der Waals surface area contributed by atoms with E-state index in [-0.39, 0.29) is 25.2 Å². The number of aliphatic carboxylic acids is 1. The number of hydrogen-bond donors (Lipinski definition) is 1. The van der Waals surface area contributed by atoms with E-state index in [2.05, 4.69) is 0 Å². The van der Waals surface area contributed by atoms with Crippen molar-refractivity contribution < 1.29 is 32.2 Å². The summed E-state index contributed by atoms with van der Waals surface area (Å²) >= 11 is 0. The van der Waals surface area contributed by atoms with Gasteiger partial charge in [-0.2, -0.15) is 4.31 Å². The minimum absolute atomic E-state index is 0.00107. The van der Waals surface area contributed by atoms with Crippen LogP contribution in [-0.2, 0) is 25.3 Å². The molecule has 0 aromatic heterocycles. The zero-order valence-electron chi connectivity index (χ0n) is 15.4. The van der Waals surface area contributed by atoms with Crippen molar-refractivity contribution in [1.82, 2.24) is 9.21 Å². The first-order valence-corrected chi connectivity index (χ1v) is 9.95. The van der Waals surface area contributed by atoms with Crippen LogP contribution in [0.15, 0.2) is 24.3 Å². The van der Waals surface area contributed by atoms with Crippen molar-refractivity contribution in [2.24, 2.45) is 0 Å². The Bertz CT molecular complexity index is 821. The van der Waals surface area contributed by atoms with Crippen LogP contribution in [-0.4, -0.2) is 66.1 Å². The molecule has 0 aliphatic carbocycles. The number of amides is 1. The van der Waals surface area contributed by atoms with E-state index in [9.17, 15) is 27.5 Å². The number of nitrogens with zero attached hydrogens (tertiary/aromatic N) is 2. The van der Waals surface area contributed by atoms with Gasteiger partial charge >= 0.3 is 12.1 Å². The number of rotatable bonds is 4. The molecule has 27 heavy (non-hydrogen) atoms. The van der Waals surface area contributed by atoms with E-state index in [4.69, 9.17) is 4.74 Å². The van der Waals surface area contributed by atoms with Gasteiger partial charge in [0.1, 0.15) is 17.5 Å². The van der Waals surface area contributed by atoms with Gasteiger partial charge in [0.15, 0.2) is 0 Å². The smallest absolute Gasteiger partial charge is 0.410 e. The number of hydrogen-bond acceptors (Lipinski definition) is 5. The van der Waals surface area contributed by atoms with E-state index < -0.39 is 45.3 Å². The molecule has 1 N–H and O–H groups in total. The third-order valence-electron chi connectivity index (χ3n) is 3.86. The maximum Gasteiger partial charge on any atom is 0.410 e. The van der Waals surface area contributed by atoms with E-state index in [1.165, 1.54) is 23.1 Å². The van der Waals surface area contributed by atoms with Crippen molar-refractivity contribution in [3.63, 3.8) is 0 Å². The van der Waals surface area contributed by atoms with Gasteiger partial charge < -0.3 is 14.7 Å². The van der Waals surface area contributed by atoms with Gasteiger partial charge in [0.05, 0.1) is 12.3 Å². The Morgan fingerprint density at radius 2 is 1.96 bits per heavy atom. The quantitative estimate of drug-likeness (QED) is 0.821. The van der Waals surface area contributed by atoms with E-state index >= 15 is 0 Å². The Hall–Kier alpha value is -2.20. The standard InChI is InChI=1S/C17H23FN2O6S/c1-17(2,3)26-16(23)19-7-8-20(14(10-19)15(21)22)27(24,25)11-12-5-4-6-13(18)9-12/h4-6,9,14H,7-8,10-11H2,1-3H3,(H,21,22)/t14-/m0/s1. The van der Waals surface area contributed by atoms with E-state index in [1.54, 1.807) is 20.8 Å². The molecule has 1 aliphatic rings. The Balaban J connectivity index is 2.17. The lowest BCUT2D eigenvalue weighted by molar-refractivity contribution is -0.143. The molecule has 0 bridgehead atoms. The highest BCUT2D eigenvalue weighted by Crippen LogP contribution is 2.21. The Morgan fingerprint density at radius 1 is 1.30 bits per heavy atom. The number of halogens is 1. The second kappa shape index (κ2) is 7.81. The molecule has 1 saturated heterocycles. The minimum Gasteiger partial charge on any atom is -0.480 e. The number of sulfonamides is 1. The second-order valence-corrected chi connectivity index (χ2v) is 9.20. The van der Waals surface area contributed by atoms with Gasteiger partial charge in [-0.15, -0.1) is 0 Å². The summed E-state index contributed by atoms with van der Waals surface area (Å²) in [7, 11) is -4.02. The lowest BCUT2D eigenvalue weighted by Crippen LogP contribution is -2.59. The first kappa shape index (κ1) is 21.1. The number of carboxylic acid groups (broad SMARTS) is 1. The molecule has 1 aromatic carbocycles. The maximum absolute atomic E-state index is 13.3. The molecular weight excluding hydrogens is 379 g/mol. The Labute approximate surface area is 157 Å². The molecule has 1 fully saturated rings. The molecule has 1 aliphatic heterocycles. The van der Waals surface area contributed by atoms with Gasteiger partial charge in [-0.05, 0) is 38.5 Å². The molecule has 10 heteroatoms. The van der Waals surface area contributed by atoms with Crippen LogP contribution in [0.5, 0.6) is 0 Å². The van der Waals surface area contributed by atoms with Gasteiger partial charge in [-0.3, -0.25) is 4.79 Å². The predicted octanol–water partition coefficient (Wildman–Crippen LogP) is 1.66. The van der Waals surface area contributed by atoms with E-state index in [0.29, 0.717) is 0 Å². The fourth-order valence-electron chi connectivity index (χ4n) is 2.71. The number of piperazine rings is 1. The van der Waals surface area contributed by atoms with Gasteiger partial charge in [0.25, 0.3) is 0 Å². The summed E-state index contributed by atoms with van der Waals surface area (Å²) in [5, 5.41) is 9.47. The molecular formula is C17H23FN2O6S. The molecule has 0 radical (unpaired) electrons. The van der Waals surface area contributed by atoms with Crippen LogP contribution in [0.3, 0.4) is 0 Å². The highest BCUT2D eigenvalue weighted by molar-refractivity contribution is 7.88. The van der Waals surface area contributed by atoms with Crippen LogP contribution in [0.1, 0.15) is 26.3 Å². The molecule has 8 nitrogen and oxygen atoms in total. The van der Waals surface area contributed by atoms with Crippen LogP contribution in [0.2, 0.25) is 0 Å². The molecule has 1 amide bonds. The zero-order valence-corrected chi connectivity index (χ0v) is 16.2. The maximum atomic E-state index is 13.3. The fourth-order valence-corrected chi connectivity index (χ4v) is 4.38. The zero-order chi connectivity index (χ0) is 20.4. The van der Waals surface area contributed by atoms with Crippen molar-refractivity contribution in [3.05, 3.63) is 35.6 Å². The summed E-state index contributed by atoms with van der Waals surface area (Å²) in [5.41, 5.74) is -0.537. The summed E-state index contributed by atoms with van der Waals surface area (Å²) < 4.78 is 44.8. The number of benzene rings is 1. The molecule has 1 atom stereocenters. The number of carboxylic acids is 1. The predicted molar refractivity (Wildman–Crippen MR) is 95.0 cm³/mol. The fraction of sp³-hybridized carbons (Fsp3) is 0.529. The summed E-state index contributed by atoms with van der Waals surface area (Å²) in [6.45, 7) is 4.53. The Morgan fingerprint density at radius 3 is 2.52 bits per heavy atom. The Kier molecular flexibility index (Phi) is 6.10. The van der Waals surface area contributed by atoms with Gasteiger partial charge in [-0.1, -0.05) is 12.1 Å². The summed E-state index contributed by atoms with van der Waals surface area (Å²) in [4.78, 5) is 25.0. The molecule has 0 saturated carbocycles. The largest absolute Gasteiger partial charge is 0.480 e. The normalized spacial score (nSPS) is 19.0. The van der Waals surface area contributed by atoms with E-state index in [1.807, 2.05) is 0 Å². The van der Waals surface area contributed by atoms with Crippen molar-refractivity contribution >= 4 is 22.1 Å². The third kappa shape index (κ3) is 5.64. The number of carbonyl (C=O) groups is 2. The van der Waals surface area contributed by atoms with Gasteiger partial charge in [0, 0.05) is 13.1 Å². The minimum atomic E-state index is -4.02. The van der Waals surface area contributed by atoms with Gasteiger partial charge in [-0.25, -0.2) is 17.6 Å². The highest BCUT2D eigenvalue weighted by atomic mass is 32.2. The first-order valence-electron chi connectivity index (χ1n) is 8.34. The topological polar surface area (TPSA) is 104 Å². The van der Waals surface area contributed by atoms with Crippen molar-refractivity contribution in [1.29, 1.82) is 0 Å². The summed E-state index contributed by atoms with van der Waals surface area (Å²) in [6, 6.07) is 3.67. The van der Waals surface area contributed by atoms with Crippen LogP contribution in [0.25, 0.3) is 0 Å². The number of ether oxygens (including phenoxy) is 1. The van der Waals surface area contributed by atoms with E-state index in [0.717, 1.165) is 10.4 Å². The third-order valence-corrected chi connectivity index (χ3v) is 5.71. The highest BCUT2D eigenvalue weighted by Gasteiger charge is 2.41. The van der Waals surface area contributed by atoms with Crippen LogP contribution in [0.4, 0.5) is 9.18 Å².